The average molecular weight is 328 g/mol. The standard InChI is InChI=1S/C21H16N2O2/c1-14-6-4-7-15(12-14)20(24)22-17-9-5-8-16(13-17)21-23-18-10-2-3-11-19(18)25-21/h2-13H,1H3,(H,22,24). The van der Waals surface area contributed by atoms with Crippen molar-refractivity contribution in [3.05, 3.63) is 83.9 Å². The van der Waals surface area contributed by atoms with Gasteiger partial charge in [-0.2, -0.15) is 0 Å². The van der Waals surface area contributed by atoms with E-state index in [-0.39, 0.29) is 5.91 Å². The molecule has 1 aromatic heterocycles. The van der Waals surface area contributed by atoms with Gasteiger partial charge in [-0.1, -0.05) is 35.9 Å². The monoisotopic (exact) mass is 328 g/mol. The van der Waals surface area contributed by atoms with Crippen molar-refractivity contribution in [2.45, 2.75) is 6.92 Å². The smallest absolute Gasteiger partial charge is 0.255 e. The second kappa shape index (κ2) is 6.24. The molecule has 1 heterocycles. The molecule has 0 radical (unpaired) electrons. The van der Waals surface area contributed by atoms with Gasteiger partial charge in [0.05, 0.1) is 0 Å². The number of rotatable bonds is 3. The van der Waals surface area contributed by atoms with Crippen LogP contribution in [0.15, 0.2) is 77.2 Å². The molecule has 0 aliphatic carbocycles. The van der Waals surface area contributed by atoms with Crippen molar-refractivity contribution < 1.29 is 9.21 Å². The van der Waals surface area contributed by atoms with Gasteiger partial charge in [0.2, 0.25) is 5.89 Å². The largest absolute Gasteiger partial charge is 0.436 e. The van der Waals surface area contributed by atoms with E-state index in [2.05, 4.69) is 10.3 Å². The molecule has 1 N–H and O–H groups in total. The van der Waals surface area contributed by atoms with E-state index in [0.29, 0.717) is 17.1 Å². The second-order valence-corrected chi connectivity index (χ2v) is 5.89. The van der Waals surface area contributed by atoms with Gasteiger partial charge in [-0.3, -0.25) is 4.79 Å². The fourth-order valence-corrected chi connectivity index (χ4v) is 2.72. The zero-order chi connectivity index (χ0) is 17.2. The predicted octanol–water partition coefficient (Wildman–Crippen LogP) is 5.06. The molecule has 0 atom stereocenters. The molecule has 4 nitrogen and oxygen atoms in total. The zero-order valence-corrected chi connectivity index (χ0v) is 13.7. The molecular formula is C21H16N2O2. The molecule has 0 unspecified atom stereocenters. The number of aryl methyl sites for hydroxylation is 1. The summed E-state index contributed by atoms with van der Waals surface area (Å²) < 4.78 is 5.79. The van der Waals surface area contributed by atoms with Gasteiger partial charge in [0.15, 0.2) is 5.58 Å². The van der Waals surface area contributed by atoms with Gasteiger partial charge in [0.1, 0.15) is 5.52 Å². The van der Waals surface area contributed by atoms with Gasteiger partial charge in [-0.25, -0.2) is 4.98 Å². The topological polar surface area (TPSA) is 55.1 Å². The highest BCUT2D eigenvalue weighted by molar-refractivity contribution is 6.04. The highest BCUT2D eigenvalue weighted by Gasteiger charge is 2.10. The van der Waals surface area contributed by atoms with Crippen LogP contribution in [0.5, 0.6) is 0 Å². The van der Waals surface area contributed by atoms with E-state index in [1.54, 1.807) is 6.07 Å². The third-order valence-corrected chi connectivity index (χ3v) is 3.94. The quantitative estimate of drug-likeness (QED) is 0.572. The first-order valence-electron chi connectivity index (χ1n) is 8.03. The second-order valence-electron chi connectivity index (χ2n) is 5.89. The minimum Gasteiger partial charge on any atom is -0.436 e. The summed E-state index contributed by atoms with van der Waals surface area (Å²) in [7, 11) is 0. The summed E-state index contributed by atoms with van der Waals surface area (Å²) >= 11 is 0. The summed E-state index contributed by atoms with van der Waals surface area (Å²) in [4.78, 5) is 16.9. The van der Waals surface area contributed by atoms with Gasteiger partial charge in [0.25, 0.3) is 5.91 Å². The van der Waals surface area contributed by atoms with Crippen LogP contribution in [0.25, 0.3) is 22.6 Å². The highest BCUT2D eigenvalue weighted by atomic mass is 16.3. The number of hydrogen-bond donors (Lipinski definition) is 1. The van der Waals surface area contributed by atoms with Crippen molar-refractivity contribution in [2.75, 3.05) is 5.32 Å². The van der Waals surface area contributed by atoms with E-state index in [1.807, 2.05) is 73.7 Å². The minimum absolute atomic E-state index is 0.140. The van der Waals surface area contributed by atoms with Crippen LogP contribution < -0.4 is 5.32 Å². The van der Waals surface area contributed by atoms with Crippen LogP contribution in [0, 0.1) is 6.92 Å². The van der Waals surface area contributed by atoms with Crippen LogP contribution in [-0.4, -0.2) is 10.9 Å². The third-order valence-electron chi connectivity index (χ3n) is 3.94. The molecule has 1 amide bonds. The molecule has 0 saturated carbocycles. The lowest BCUT2D eigenvalue weighted by atomic mass is 10.1. The van der Waals surface area contributed by atoms with Crippen molar-refractivity contribution in [2.24, 2.45) is 0 Å². The Morgan fingerprint density at radius 3 is 2.64 bits per heavy atom. The molecular weight excluding hydrogens is 312 g/mol. The maximum atomic E-state index is 12.4. The van der Waals surface area contributed by atoms with Crippen LogP contribution >= 0.6 is 0 Å². The number of nitrogens with one attached hydrogen (secondary N) is 1. The maximum absolute atomic E-state index is 12.4. The first-order valence-corrected chi connectivity index (χ1v) is 8.03. The Bertz CT molecular complexity index is 1030. The number of benzene rings is 3. The Kier molecular flexibility index (Phi) is 3.78. The molecule has 0 bridgehead atoms. The molecule has 0 spiro atoms. The number of hydrogen-bond acceptors (Lipinski definition) is 3. The number of nitrogens with zero attached hydrogens (tertiary/aromatic N) is 1. The first kappa shape index (κ1) is 15.1. The van der Waals surface area contributed by atoms with Crippen molar-refractivity contribution in [3.8, 4) is 11.5 Å². The van der Waals surface area contributed by atoms with E-state index in [9.17, 15) is 4.79 Å². The number of anilines is 1. The van der Waals surface area contributed by atoms with Gasteiger partial charge in [-0.15, -0.1) is 0 Å². The molecule has 0 saturated heterocycles. The Hall–Kier alpha value is -3.40. The van der Waals surface area contributed by atoms with E-state index < -0.39 is 0 Å². The molecule has 4 heteroatoms. The van der Waals surface area contributed by atoms with Crippen LogP contribution in [-0.2, 0) is 0 Å². The molecule has 0 aliphatic rings. The summed E-state index contributed by atoms with van der Waals surface area (Å²) in [6.07, 6.45) is 0. The highest BCUT2D eigenvalue weighted by Crippen LogP contribution is 2.26. The van der Waals surface area contributed by atoms with Crippen LogP contribution in [0.2, 0.25) is 0 Å². The Morgan fingerprint density at radius 1 is 0.960 bits per heavy atom. The van der Waals surface area contributed by atoms with Gasteiger partial charge < -0.3 is 9.73 Å². The molecule has 0 fully saturated rings. The number of amides is 1. The van der Waals surface area contributed by atoms with Gasteiger partial charge >= 0.3 is 0 Å². The lowest BCUT2D eigenvalue weighted by molar-refractivity contribution is 0.102. The number of para-hydroxylation sites is 2. The zero-order valence-electron chi connectivity index (χ0n) is 13.7. The number of aromatic nitrogens is 1. The summed E-state index contributed by atoms with van der Waals surface area (Å²) in [5.74, 6) is 0.395. The molecule has 4 rings (SSSR count). The molecule has 3 aromatic carbocycles. The fraction of sp³-hybridized carbons (Fsp3) is 0.0476. The summed E-state index contributed by atoms with van der Waals surface area (Å²) in [5.41, 5.74) is 4.75. The minimum atomic E-state index is -0.140. The Morgan fingerprint density at radius 2 is 1.80 bits per heavy atom. The molecule has 122 valence electrons. The normalized spacial score (nSPS) is 10.8. The first-order chi connectivity index (χ1) is 12.2. The Labute approximate surface area is 145 Å². The van der Waals surface area contributed by atoms with Crippen molar-refractivity contribution in [3.63, 3.8) is 0 Å². The van der Waals surface area contributed by atoms with Crippen molar-refractivity contribution >= 4 is 22.7 Å². The predicted molar refractivity (Wildman–Crippen MR) is 98.6 cm³/mol. The summed E-state index contributed by atoms with van der Waals surface area (Å²) in [6, 6.07) is 22.6. The van der Waals surface area contributed by atoms with Gasteiger partial charge in [0, 0.05) is 16.8 Å². The van der Waals surface area contributed by atoms with E-state index in [1.165, 1.54) is 0 Å². The Balaban J connectivity index is 1.62. The molecule has 25 heavy (non-hydrogen) atoms. The van der Waals surface area contributed by atoms with Crippen LogP contribution in [0.1, 0.15) is 15.9 Å². The molecule has 0 aliphatic heterocycles. The number of carbonyl (C=O) groups is 1. The maximum Gasteiger partial charge on any atom is 0.255 e. The van der Waals surface area contributed by atoms with Crippen LogP contribution in [0.3, 0.4) is 0 Å². The van der Waals surface area contributed by atoms with E-state index in [0.717, 1.165) is 22.2 Å². The SMILES string of the molecule is Cc1cccc(C(=O)Nc2cccc(-c3nc4ccccc4o3)c2)c1. The van der Waals surface area contributed by atoms with Crippen LogP contribution in [0.4, 0.5) is 5.69 Å². The lowest BCUT2D eigenvalue weighted by Crippen LogP contribution is -2.11. The summed E-state index contributed by atoms with van der Waals surface area (Å²) in [5, 5.41) is 2.92. The third kappa shape index (κ3) is 3.15. The average Bonchev–Trinajstić information content (AvgIpc) is 3.06. The van der Waals surface area contributed by atoms with Crippen molar-refractivity contribution in [1.82, 2.24) is 4.98 Å². The number of carbonyl (C=O) groups excluding carboxylic acids is 1. The number of fused-ring (bicyclic) bond motifs is 1. The number of oxazole rings is 1. The van der Waals surface area contributed by atoms with E-state index >= 15 is 0 Å². The fourth-order valence-electron chi connectivity index (χ4n) is 2.72. The van der Waals surface area contributed by atoms with Gasteiger partial charge in [-0.05, 0) is 49.4 Å². The summed E-state index contributed by atoms with van der Waals surface area (Å²) in [6.45, 7) is 1.96. The molecule has 4 aromatic rings. The van der Waals surface area contributed by atoms with Crippen molar-refractivity contribution in [1.29, 1.82) is 0 Å². The lowest BCUT2D eigenvalue weighted by Gasteiger charge is -2.07. The van der Waals surface area contributed by atoms with E-state index in [4.69, 9.17) is 4.42 Å².